The predicted molar refractivity (Wildman–Crippen MR) is 75.0 cm³/mol. The number of rotatable bonds is 4. The molecule has 5 nitrogen and oxygen atoms in total. The van der Waals surface area contributed by atoms with E-state index in [1.54, 1.807) is 18.5 Å². The number of furan rings is 1. The smallest absolute Gasteiger partial charge is 0.180 e. The molecule has 3 aromatic rings. The monoisotopic (exact) mass is 270 g/mol. The molecule has 0 atom stereocenters. The van der Waals surface area contributed by atoms with Crippen LogP contribution in [0, 0.1) is 0 Å². The summed E-state index contributed by atoms with van der Waals surface area (Å²) in [6.45, 7) is 0.562. The van der Waals surface area contributed by atoms with Gasteiger partial charge >= 0.3 is 0 Å². The van der Waals surface area contributed by atoms with Crippen LogP contribution in [0.15, 0.2) is 53.4 Å². The van der Waals surface area contributed by atoms with E-state index in [0.717, 1.165) is 16.5 Å². The Morgan fingerprint density at radius 3 is 2.95 bits per heavy atom. The summed E-state index contributed by atoms with van der Waals surface area (Å²) < 4.78 is 5.29. The molecule has 5 heteroatoms. The average molecular weight is 270 g/mol. The first-order valence-electron chi connectivity index (χ1n) is 6.24. The van der Waals surface area contributed by atoms with Crippen LogP contribution in [0.3, 0.4) is 0 Å². The van der Waals surface area contributed by atoms with Gasteiger partial charge in [0.15, 0.2) is 6.29 Å². The quantitative estimate of drug-likeness (QED) is 0.634. The highest BCUT2D eigenvalue weighted by Gasteiger charge is 2.09. The largest absolute Gasteiger partial charge is 0.464 e. The second-order valence-corrected chi connectivity index (χ2v) is 4.48. The average Bonchev–Trinajstić information content (AvgIpc) is 2.92. The minimum atomic E-state index is -1.52. The fourth-order valence-electron chi connectivity index (χ4n) is 2.10. The van der Waals surface area contributed by atoms with Crippen molar-refractivity contribution in [1.29, 1.82) is 0 Å². The second-order valence-electron chi connectivity index (χ2n) is 4.48. The van der Waals surface area contributed by atoms with Crippen molar-refractivity contribution in [2.75, 3.05) is 5.32 Å². The summed E-state index contributed by atoms with van der Waals surface area (Å²) in [6, 6.07) is 9.39. The first-order chi connectivity index (χ1) is 9.74. The second kappa shape index (κ2) is 5.32. The summed E-state index contributed by atoms with van der Waals surface area (Å²) in [5.74, 6) is 0. The van der Waals surface area contributed by atoms with E-state index in [1.807, 2.05) is 24.3 Å². The summed E-state index contributed by atoms with van der Waals surface area (Å²) >= 11 is 0. The van der Waals surface area contributed by atoms with Gasteiger partial charge in [-0.1, -0.05) is 6.07 Å². The summed E-state index contributed by atoms with van der Waals surface area (Å²) in [5.41, 5.74) is 2.93. The van der Waals surface area contributed by atoms with Gasteiger partial charge in [-0.3, -0.25) is 4.98 Å². The molecule has 0 saturated carbocycles. The Morgan fingerprint density at radius 2 is 2.10 bits per heavy atom. The zero-order valence-electron chi connectivity index (χ0n) is 10.7. The molecule has 2 aromatic heterocycles. The van der Waals surface area contributed by atoms with Crippen LogP contribution in [-0.2, 0) is 6.54 Å². The molecule has 102 valence electrons. The third kappa shape index (κ3) is 2.49. The minimum Gasteiger partial charge on any atom is -0.464 e. The summed E-state index contributed by atoms with van der Waals surface area (Å²) in [4.78, 5) is 3.98. The standard InChI is InChI=1S/C15H14N2O3/c18-15(19)12-3-5-16-9-13(12)17-8-10-1-2-14-11(7-10)4-6-20-14/h1-7,9,15,17-19H,8H2. The van der Waals surface area contributed by atoms with Gasteiger partial charge in [0.2, 0.25) is 0 Å². The fraction of sp³-hybridized carbons (Fsp3) is 0.133. The van der Waals surface area contributed by atoms with Crippen molar-refractivity contribution >= 4 is 16.7 Å². The zero-order valence-corrected chi connectivity index (χ0v) is 10.7. The highest BCUT2D eigenvalue weighted by Crippen LogP contribution is 2.21. The van der Waals surface area contributed by atoms with Crippen LogP contribution in [0.5, 0.6) is 0 Å². The molecule has 0 amide bonds. The third-order valence-electron chi connectivity index (χ3n) is 3.13. The van der Waals surface area contributed by atoms with Crippen LogP contribution in [0.4, 0.5) is 5.69 Å². The Hall–Kier alpha value is -2.37. The number of aliphatic hydroxyl groups is 2. The van der Waals surface area contributed by atoms with Gasteiger partial charge in [0, 0.05) is 23.7 Å². The molecular formula is C15H14N2O3. The van der Waals surface area contributed by atoms with Crippen molar-refractivity contribution in [3.63, 3.8) is 0 Å². The maximum Gasteiger partial charge on any atom is 0.180 e. The van der Waals surface area contributed by atoms with Crippen LogP contribution in [0.1, 0.15) is 17.4 Å². The van der Waals surface area contributed by atoms with Crippen LogP contribution >= 0.6 is 0 Å². The lowest BCUT2D eigenvalue weighted by atomic mass is 10.1. The van der Waals surface area contributed by atoms with E-state index < -0.39 is 6.29 Å². The predicted octanol–water partition coefficient (Wildman–Crippen LogP) is 2.42. The normalized spacial score (nSPS) is 11.2. The first kappa shape index (κ1) is 12.7. The molecule has 0 bridgehead atoms. The Balaban J connectivity index is 1.79. The van der Waals surface area contributed by atoms with Gasteiger partial charge in [0.05, 0.1) is 18.1 Å². The summed E-state index contributed by atoms with van der Waals surface area (Å²) in [5, 5.41) is 22.8. The first-order valence-corrected chi connectivity index (χ1v) is 6.24. The highest BCUT2D eigenvalue weighted by molar-refractivity contribution is 5.77. The van der Waals surface area contributed by atoms with Gasteiger partial charge in [-0.05, 0) is 29.8 Å². The van der Waals surface area contributed by atoms with Crippen molar-refractivity contribution in [2.45, 2.75) is 12.8 Å². The van der Waals surface area contributed by atoms with E-state index >= 15 is 0 Å². The number of nitrogens with one attached hydrogen (secondary N) is 1. The lowest BCUT2D eigenvalue weighted by Crippen LogP contribution is -2.05. The molecule has 0 saturated heterocycles. The molecular weight excluding hydrogens is 256 g/mol. The molecule has 3 rings (SSSR count). The molecule has 0 radical (unpaired) electrons. The van der Waals surface area contributed by atoms with E-state index in [-0.39, 0.29) is 0 Å². The number of pyridine rings is 1. The highest BCUT2D eigenvalue weighted by atomic mass is 16.5. The van der Waals surface area contributed by atoms with Crippen molar-refractivity contribution in [1.82, 2.24) is 4.98 Å². The summed E-state index contributed by atoms with van der Waals surface area (Å²) in [7, 11) is 0. The number of anilines is 1. The molecule has 2 heterocycles. The van der Waals surface area contributed by atoms with Gasteiger partial charge in [0.25, 0.3) is 0 Å². The maximum atomic E-state index is 9.29. The number of fused-ring (bicyclic) bond motifs is 1. The van der Waals surface area contributed by atoms with Crippen molar-refractivity contribution in [3.05, 3.63) is 60.1 Å². The van der Waals surface area contributed by atoms with E-state index in [9.17, 15) is 10.2 Å². The molecule has 0 aliphatic rings. The number of aromatic nitrogens is 1. The lowest BCUT2D eigenvalue weighted by molar-refractivity contribution is -0.0419. The topological polar surface area (TPSA) is 78.5 Å². The molecule has 0 spiro atoms. The number of benzene rings is 1. The van der Waals surface area contributed by atoms with Crippen LogP contribution in [0.2, 0.25) is 0 Å². The molecule has 1 aromatic carbocycles. The third-order valence-corrected chi connectivity index (χ3v) is 3.13. The van der Waals surface area contributed by atoms with Crippen LogP contribution in [0.25, 0.3) is 11.0 Å². The fourth-order valence-corrected chi connectivity index (χ4v) is 2.10. The molecule has 3 N–H and O–H groups in total. The van der Waals surface area contributed by atoms with E-state index in [0.29, 0.717) is 17.8 Å². The lowest BCUT2D eigenvalue weighted by Gasteiger charge is -2.12. The van der Waals surface area contributed by atoms with Crippen LogP contribution in [-0.4, -0.2) is 15.2 Å². The van der Waals surface area contributed by atoms with Crippen molar-refractivity contribution < 1.29 is 14.6 Å². The van der Waals surface area contributed by atoms with Crippen LogP contribution < -0.4 is 5.32 Å². The van der Waals surface area contributed by atoms with Crippen molar-refractivity contribution in [3.8, 4) is 0 Å². The van der Waals surface area contributed by atoms with E-state index in [1.165, 1.54) is 6.20 Å². The van der Waals surface area contributed by atoms with Gasteiger partial charge in [-0.15, -0.1) is 0 Å². The molecule has 0 aliphatic heterocycles. The zero-order chi connectivity index (χ0) is 13.9. The van der Waals surface area contributed by atoms with Gasteiger partial charge < -0.3 is 19.9 Å². The molecule has 20 heavy (non-hydrogen) atoms. The Labute approximate surface area is 115 Å². The molecule has 0 aliphatic carbocycles. The number of nitrogens with zero attached hydrogens (tertiary/aromatic N) is 1. The van der Waals surface area contributed by atoms with Gasteiger partial charge in [0.1, 0.15) is 5.58 Å². The minimum absolute atomic E-state index is 0.407. The molecule has 0 fully saturated rings. The van der Waals surface area contributed by atoms with Gasteiger partial charge in [-0.2, -0.15) is 0 Å². The van der Waals surface area contributed by atoms with Crippen molar-refractivity contribution in [2.24, 2.45) is 0 Å². The SMILES string of the molecule is OC(O)c1ccncc1NCc1ccc2occc2c1. The Morgan fingerprint density at radius 1 is 1.20 bits per heavy atom. The van der Waals surface area contributed by atoms with E-state index in [4.69, 9.17) is 4.42 Å². The number of aliphatic hydroxyl groups excluding tert-OH is 1. The maximum absolute atomic E-state index is 9.29. The Bertz CT molecular complexity index is 722. The van der Waals surface area contributed by atoms with E-state index in [2.05, 4.69) is 10.3 Å². The number of hydrogen-bond acceptors (Lipinski definition) is 5. The van der Waals surface area contributed by atoms with Gasteiger partial charge in [-0.25, -0.2) is 0 Å². The molecule has 0 unspecified atom stereocenters. The Kier molecular flexibility index (Phi) is 3.37. The summed E-state index contributed by atoms with van der Waals surface area (Å²) in [6.07, 6.45) is 3.24. The number of hydrogen-bond donors (Lipinski definition) is 3.